The summed E-state index contributed by atoms with van der Waals surface area (Å²) in [6.45, 7) is 10.4. The van der Waals surface area contributed by atoms with Crippen molar-refractivity contribution in [2.45, 2.75) is 52.0 Å². The number of guanidine groups is 1. The van der Waals surface area contributed by atoms with E-state index in [1.807, 2.05) is 0 Å². The number of methoxy groups -OCH3 is 1. The lowest BCUT2D eigenvalue weighted by molar-refractivity contribution is 0.179. The average molecular weight is 298 g/mol. The Morgan fingerprint density at radius 3 is 2.57 bits per heavy atom. The molecule has 5 heteroatoms. The molecule has 1 aliphatic heterocycles. The highest BCUT2D eigenvalue weighted by atomic mass is 16.5. The first kappa shape index (κ1) is 18.2. The quantitative estimate of drug-likeness (QED) is 0.408. The number of likely N-dealkylation sites (tertiary alicyclic amines) is 1. The van der Waals surface area contributed by atoms with Crippen molar-refractivity contribution in [3.63, 3.8) is 0 Å². The second-order valence-electron chi connectivity index (χ2n) is 5.87. The molecule has 0 aromatic carbocycles. The molecule has 0 aromatic heterocycles. The predicted octanol–water partition coefficient (Wildman–Crippen LogP) is 1.84. The fourth-order valence-electron chi connectivity index (χ4n) is 2.69. The van der Waals surface area contributed by atoms with Crippen molar-refractivity contribution in [2.24, 2.45) is 4.99 Å². The summed E-state index contributed by atoms with van der Waals surface area (Å²) in [5.74, 6) is 0.901. The average Bonchev–Trinajstić information content (AvgIpc) is 2.72. The van der Waals surface area contributed by atoms with E-state index < -0.39 is 0 Å². The molecule has 2 N–H and O–H groups in total. The predicted molar refractivity (Wildman–Crippen MR) is 90.0 cm³/mol. The van der Waals surface area contributed by atoms with Crippen molar-refractivity contribution >= 4 is 5.96 Å². The van der Waals surface area contributed by atoms with Gasteiger partial charge in [-0.15, -0.1) is 0 Å². The smallest absolute Gasteiger partial charge is 0.191 e. The van der Waals surface area contributed by atoms with Crippen LogP contribution in [0, 0.1) is 0 Å². The fraction of sp³-hybridized carbons (Fsp3) is 0.938. The number of rotatable bonds is 8. The number of hydrogen-bond acceptors (Lipinski definition) is 3. The van der Waals surface area contributed by atoms with Gasteiger partial charge in [-0.1, -0.05) is 12.8 Å². The molecule has 124 valence electrons. The van der Waals surface area contributed by atoms with Gasteiger partial charge in [-0.2, -0.15) is 0 Å². The Morgan fingerprint density at radius 1 is 1.24 bits per heavy atom. The van der Waals surface area contributed by atoms with Gasteiger partial charge in [0.1, 0.15) is 0 Å². The van der Waals surface area contributed by atoms with E-state index in [2.05, 4.69) is 34.4 Å². The SMILES string of the molecule is CCNC(=NCCCN1CCCCCC1)NC(C)COC. The summed E-state index contributed by atoms with van der Waals surface area (Å²) in [6.07, 6.45) is 6.67. The molecule has 1 atom stereocenters. The first-order valence-corrected chi connectivity index (χ1v) is 8.52. The molecule has 0 bridgehead atoms. The molecule has 21 heavy (non-hydrogen) atoms. The van der Waals surface area contributed by atoms with Gasteiger partial charge in [0, 0.05) is 26.2 Å². The van der Waals surface area contributed by atoms with Crippen LogP contribution in [0.1, 0.15) is 46.0 Å². The molecule has 0 aromatic rings. The third-order valence-electron chi connectivity index (χ3n) is 3.75. The van der Waals surface area contributed by atoms with Crippen LogP contribution in [0.5, 0.6) is 0 Å². The van der Waals surface area contributed by atoms with Gasteiger partial charge in [-0.3, -0.25) is 4.99 Å². The first-order chi connectivity index (χ1) is 10.3. The lowest BCUT2D eigenvalue weighted by Crippen LogP contribution is -2.44. The molecule has 1 aliphatic rings. The summed E-state index contributed by atoms with van der Waals surface area (Å²) in [7, 11) is 1.73. The van der Waals surface area contributed by atoms with Gasteiger partial charge < -0.3 is 20.3 Å². The second-order valence-corrected chi connectivity index (χ2v) is 5.87. The van der Waals surface area contributed by atoms with Crippen LogP contribution in [0.15, 0.2) is 4.99 Å². The number of ether oxygens (including phenoxy) is 1. The standard InChI is InChI=1S/C16H34N4O/c1-4-17-16(19-15(2)14-21-3)18-10-9-13-20-11-7-5-6-8-12-20/h15H,4-14H2,1-3H3,(H2,17,18,19). The summed E-state index contributed by atoms with van der Waals surface area (Å²) in [5.41, 5.74) is 0. The maximum atomic E-state index is 5.15. The summed E-state index contributed by atoms with van der Waals surface area (Å²) < 4.78 is 5.15. The van der Waals surface area contributed by atoms with Crippen molar-refractivity contribution in [3.05, 3.63) is 0 Å². The minimum Gasteiger partial charge on any atom is -0.383 e. The van der Waals surface area contributed by atoms with Crippen molar-refractivity contribution in [2.75, 3.05) is 46.4 Å². The van der Waals surface area contributed by atoms with Gasteiger partial charge in [-0.05, 0) is 52.7 Å². The molecule has 1 heterocycles. The van der Waals surface area contributed by atoms with Gasteiger partial charge >= 0.3 is 0 Å². The molecule has 1 unspecified atom stereocenters. The van der Waals surface area contributed by atoms with Crippen molar-refractivity contribution in [1.29, 1.82) is 0 Å². The molecule has 1 rings (SSSR count). The molecule has 0 spiro atoms. The Bertz CT molecular complexity index is 275. The zero-order chi connectivity index (χ0) is 15.3. The molecular formula is C16H34N4O. The Hall–Kier alpha value is -0.810. The van der Waals surface area contributed by atoms with E-state index in [0.717, 1.165) is 25.5 Å². The highest BCUT2D eigenvalue weighted by Crippen LogP contribution is 2.09. The van der Waals surface area contributed by atoms with Crippen LogP contribution < -0.4 is 10.6 Å². The van der Waals surface area contributed by atoms with E-state index in [9.17, 15) is 0 Å². The molecule has 0 radical (unpaired) electrons. The van der Waals surface area contributed by atoms with E-state index in [0.29, 0.717) is 6.61 Å². The van der Waals surface area contributed by atoms with Crippen LogP contribution in [-0.2, 0) is 4.74 Å². The third-order valence-corrected chi connectivity index (χ3v) is 3.75. The third kappa shape index (κ3) is 8.94. The van der Waals surface area contributed by atoms with E-state index in [1.54, 1.807) is 7.11 Å². The number of aliphatic imine (C=N–C) groups is 1. The van der Waals surface area contributed by atoms with Crippen LogP contribution in [0.2, 0.25) is 0 Å². The van der Waals surface area contributed by atoms with Gasteiger partial charge in [-0.25, -0.2) is 0 Å². The van der Waals surface area contributed by atoms with Crippen LogP contribution in [0.4, 0.5) is 0 Å². The lowest BCUT2D eigenvalue weighted by Gasteiger charge is -2.19. The van der Waals surface area contributed by atoms with E-state index >= 15 is 0 Å². The second kappa shape index (κ2) is 11.8. The van der Waals surface area contributed by atoms with Gasteiger partial charge in [0.05, 0.1) is 6.61 Å². The maximum Gasteiger partial charge on any atom is 0.191 e. The summed E-state index contributed by atoms with van der Waals surface area (Å²) in [5, 5.41) is 6.66. The zero-order valence-electron chi connectivity index (χ0n) is 14.2. The molecule has 0 saturated carbocycles. The van der Waals surface area contributed by atoms with Gasteiger partial charge in [0.15, 0.2) is 5.96 Å². The van der Waals surface area contributed by atoms with Crippen LogP contribution in [-0.4, -0.2) is 63.3 Å². The normalized spacial score (nSPS) is 19.1. The number of hydrogen-bond donors (Lipinski definition) is 2. The van der Waals surface area contributed by atoms with E-state index in [-0.39, 0.29) is 6.04 Å². The Balaban J connectivity index is 2.25. The highest BCUT2D eigenvalue weighted by Gasteiger charge is 2.08. The van der Waals surface area contributed by atoms with Crippen LogP contribution >= 0.6 is 0 Å². The van der Waals surface area contributed by atoms with E-state index in [1.165, 1.54) is 45.3 Å². The summed E-state index contributed by atoms with van der Waals surface area (Å²) in [6, 6.07) is 0.276. The van der Waals surface area contributed by atoms with Crippen molar-refractivity contribution in [1.82, 2.24) is 15.5 Å². The molecular weight excluding hydrogens is 264 g/mol. The Kier molecular flexibility index (Phi) is 10.3. The largest absolute Gasteiger partial charge is 0.383 e. The minimum absolute atomic E-state index is 0.276. The summed E-state index contributed by atoms with van der Waals surface area (Å²) >= 11 is 0. The molecule has 1 fully saturated rings. The zero-order valence-corrected chi connectivity index (χ0v) is 14.2. The van der Waals surface area contributed by atoms with Gasteiger partial charge in [0.2, 0.25) is 0 Å². The monoisotopic (exact) mass is 298 g/mol. The Morgan fingerprint density at radius 2 is 1.95 bits per heavy atom. The number of nitrogens with one attached hydrogen (secondary N) is 2. The fourth-order valence-corrected chi connectivity index (χ4v) is 2.69. The highest BCUT2D eigenvalue weighted by molar-refractivity contribution is 5.80. The van der Waals surface area contributed by atoms with E-state index in [4.69, 9.17) is 4.74 Å². The summed E-state index contributed by atoms with van der Waals surface area (Å²) in [4.78, 5) is 7.25. The van der Waals surface area contributed by atoms with Crippen molar-refractivity contribution in [3.8, 4) is 0 Å². The number of nitrogens with zero attached hydrogens (tertiary/aromatic N) is 2. The minimum atomic E-state index is 0.276. The molecule has 1 saturated heterocycles. The first-order valence-electron chi connectivity index (χ1n) is 8.52. The Labute approximate surface area is 130 Å². The molecule has 0 amide bonds. The lowest BCUT2D eigenvalue weighted by atomic mass is 10.2. The van der Waals surface area contributed by atoms with Crippen LogP contribution in [0.25, 0.3) is 0 Å². The molecule has 5 nitrogen and oxygen atoms in total. The topological polar surface area (TPSA) is 48.9 Å². The maximum absolute atomic E-state index is 5.15. The molecule has 0 aliphatic carbocycles. The van der Waals surface area contributed by atoms with Crippen molar-refractivity contribution < 1.29 is 4.74 Å². The van der Waals surface area contributed by atoms with Crippen LogP contribution in [0.3, 0.4) is 0 Å². The van der Waals surface area contributed by atoms with Gasteiger partial charge in [0.25, 0.3) is 0 Å².